The molecular weight excluding hydrogens is 340 g/mol. The fraction of sp³-hybridized carbons (Fsp3) is 0.500. The standard InChI is InChI=1S/C16H22N6O2S/c1-22(11-13-9-18-6-7-19-13)16-20-10-14(25(2,23)24)15(21-16)12-4-3-5-17-8-12/h6-7,9-10,12,17H,3-5,8,11H2,1-2H3. The van der Waals surface area contributed by atoms with Crippen LogP contribution in [0.3, 0.4) is 0 Å². The van der Waals surface area contributed by atoms with Crippen LogP contribution in [0, 0.1) is 0 Å². The lowest BCUT2D eigenvalue weighted by atomic mass is 9.96. The summed E-state index contributed by atoms with van der Waals surface area (Å²) >= 11 is 0. The molecule has 0 aromatic carbocycles. The maximum atomic E-state index is 12.1. The monoisotopic (exact) mass is 362 g/mol. The van der Waals surface area contributed by atoms with E-state index in [1.165, 1.54) is 12.5 Å². The Morgan fingerprint density at radius 3 is 2.76 bits per heavy atom. The van der Waals surface area contributed by atoms with E-state index in [2.05, 4.69) is 25.3 Å². The van der Waals surface area contributed by atoms with Crippen LogP contribution in [0.4, 0.5) is 5.95 Å². The second-order valence-electron chi connectivity index (χ2n) is 6.29. The molecule has 1 saturated heterocycles. The first kappa shape index (κ1) is 17.7. The van der Waals surface area contributed by atoms with Crippen molar-refractivity contribution in [2.45, 2.75) is 30.2 Å². The van der Waals surface area contributed by atoms with Gasteiger partial charge in [0.25, 0.3) is 0 Å². The molecule has 2 aromatic heterocycles. The first-order chi connectivity index (χ1) is 11.9. The van der Waals surface area contributed by atoms with Gasteiger partial charge in [0.05, 0.1) is 30.3 Å². The molecule has 25 heavy (non-hydrogen) atoms. The second-order valence-corrected chi connectivity index (χ2v) is 8.27. The number of anilines is 1. The van der Waals surface area contributed by atoms with Crippen molar-refractivity contribution >= 4 is 15.8 Å². The fourth-order valence-corrected chi connectivity index (χ4v) is 3.78. The van der Waals surface area contributed by atoms with Crippen LogP contribution in [-0.2, 0) is 16.4 Å². The topological polar surface area (TPSA) is 101 Å². The molecule has 1 unspecified atom stereocenters. The Morgan fingerprint density at radius 2 is 2.12 bits per heavy atom. The predicted octanol–water partition coefficient (Wildman–Crippen LogP) is 0.773. The minimum absolute atomic E-state index is 0.0742. The Balaban J connectivity index is 1.92. The molecule has 0 aliphatic carbocycles. The predicted molar refractivity (Wildman–Crippen MR) is 94.1 cm³/mol. The lowest BCUT2D eigenvalue weighted by Crippen LogP contribution is -2.30. The smallest absolute Gasteiger partial charge is 0.225 e. The number of nitrogens with one attached hydrogen (secondary N) is 1. The Kier molecular flexibility index (Phi) is 5.24. The van der Waals surface area contributed by atoms with E-state index in [9.17, 15) is 8.42 Å². The highest BCUT2D eigenvalue weighted by Crippen LogP contribution is 2.28. The van der Waals surface area contributed by atoms with Crippen molar-refractivity contribution in [2.24, 2.45) is 0 Å². The molecule has 0 spiro atoms. The van der Waals surface area contributed by atoms with Crippen molar-refractivity contribution in [3.63, 3.8) is 0 Å². The molecule has 0 bridgehead atoms. The molecule has 1 aliphatic rings. The van der Waals surface area contributed by atoms with Crippen LogP contribution in [0.25, 0.3) is 0 Å². The summed E-state index contributed by atoms with van der Waals surface area (Å²) in [5.41, 5.74) is 1.40. The number of rotatable bonds is 5. The van der Waals surface area contributed by atoms with Gasteiger partial charge in [-0.15, -0.1) is 0 Å². The molecule has 3 rings (SSSR count). The zero-order valence-electron chi connectivity index (χ0n) is 14.4. The largest absolute Gasteiger partial charge is 0.338 e. The number of hydrogen-bond donors (Lipinski definition) is 1. The molecule has 134 valence electrons. The average molecular weight is 362 g/mol. The maximum Gasteiger partial charge on any atom is 0.225 e. The maximum absolute atomic E-state index is 12.1. The van der Waals surface area contributed by atoms with E-state index >= 15 is 0 Å². The van der Waals surface area contributed by atoms with Gasteiger partial charge in [0.1, 0.15) is 4.90 Å². The van der Waals surface area contributed by atoms with Gasteiger partial charge in [-0.25, -0.2) is 18.4 Å². The number of sulfone groups is 1. The van der Waals surface area contributed by atoms with Crippen LogP contribution in [0.2, 0.25) is 0 Å². The fourth-order valence-electron chi connectivity index (χ4n) is 2.95. The summed E-state index contributed by atoms with van der Waals surface area (Å²) in [5, 5.41) is 3.31. The van der Waals surface area contributed by atoms with Gasteiger partial charge in [0.15, 0.2) is 9.84 Å². The zero-order valence-corrected chi connectivity index (χ0v) is 15.2. The normalized spacial score (nSPS) is 18.1. The molecule has 1 fully saturated rings. The van der Waals surface area contributed by atoms with Crippen molar-refractivity contribution in [1.82, 2.24) is 25.3 Å². The average Bonchev–Trinajstić information content (AvgIpc) is 2.62. The lowest BCUT2D eigenvalue weighted by molar-refractivity contribution is 0.447. The summed E-state index contributed by atoms with van der Waals surface area (Å²) in [7, 11) is -1.52. The van der Waals surface area contributed by atoms with E-state index in [-0.39, 0.29) is 10.8 Å². The van der Waals surface area contributed by atoms with E-state index in [1.54, 1.807) is 18.6 Å². The van der Waals surface area contributed by atoms with Crippen molar-refractivity contribution in [1.29, 1.82) is 0 Å². The van der Waals surface area contributed by atoms with Crippen molar-refractivity contribution in [2.75, 3.05) is 31.3 Å². The van der Waals surface area contributed by atoms with Gasteiger partial charge in [0.2, 0.25) is 5.95 Å². The summed E-state index contributed by atoms with van der Waals surface area (Å²) in [6, 6.07) is 0. The van der Waals surface area contributed by atoms with Crippen LogP contribution >= 0.6 is 0 Å². The molecule has 2 aromatic rings. The van der Waals surface area contributed by atoms with Crippen LogP contribution in [0.1, 0.15) is 30.1 Å². The Labute approximate surface area is 147 Å². The van der Waals surface area contributed by atoms with E-state index in [4.69, 9.17) is 0 Å². The SMILES string of the molecule is CN(Cc1cnccn1)c1ncc(S(C)(=O)=O)c(C2CCCNC2)n1. The highest BCUT2D eigenvalue weighted by Gasteiger charge is 2.25. The second kappa shape index (κ2) is 7.40. The molecule has 9 heteroatoms. The third-order valence-electron chi connectivity index (χ3n) is 4.21. The Bertz CT molecular complexity index is 822. The number of aromatic nitrogens is 4. The third-order valence-corrected chi connectivity index (χ3v) is 5.32. The highest BCUT2D eigenvalue weighted by atomic mass is 32.2. The van der Waals surface area contributed by atoms with Crippen LogP contribution in [0.5, 0.6) is 0 Å². The van der Waals surface area contributed by atoms with Crippen molar-refractivity contribution < 1.29 is 8.42 Å². The Hall–Kier alpha value is -2.13. The quantitative estimate of drug-likeness (QED) is 0.832. The molecule has 0 amide bonds. The van der Waals surface area contributed by atoms with E-state index in [0.717, 1.165) is 31.6 Å². The molecular formula is C16H22N6O2S. The summed E-state index contributed by atoms with van der Waals surface area (Å²) < 4.78 is 24.3. The first-order valence-electron chi connectivity index (χ1n) is 8.19. The third kappa shape index (κ3) is 4.29. The first-order valence-corrected chi connectivity index (χ1v) is 10.1. The van der Waals surface area contributed by atoms with Crippen LogP contribution in [0.15, 0.2) is 29.7 Å². The van der Waals surface area contributed by atoms with Gasteiger partial charge in [-0.2, -0.15) is 0 Å². The van der Waals surface area contributed by atoms with Gasteiger partial charge < -0.3 is 10.2 Å². The van der Waals surface area contributed by atoms with Gasteiger partial charge in [-0.3, -0.25) is 9.97 Å². The molecule has 8 nitrogen and oxygen atoms in total. The number of piperidine rings is 1. The summed E-state index contributed by atoms with van der Waals surface area (Å²) in [6.45, 7) is 2.18. The van der Waals surface area contributed by atoms with Crippen molar-refractivity contribution in [3.05, 3.63) is 36.2 Å². The van der Waals surface area contributed by atoms with E-state index < -0.39 is 9.84 Å². The van der Waals surface area contributed by atoms with E-state index in [0.29, 0.717) is 18.2 Å². The lowest BCUT2D eigenvalue weighted by Gasteiger charge is -2.25. The van der Waals surface area contributed by atoms with Gasteiger partial charge >= 0.3 is 0 Å². The minimum Gasteiger partial charge on any atom is -0.338 e. The molecule has 1 aliphatic heterocycles. The molecule has 0 radical (unpaired) electrons. The Morgan fingerprint density at radius 1 is 1.28 bits per heavy atom. The summed E-state index contributed by atoms with van der Waals surface area (Å²) in [5.74, 6) is 0.559. The molecule has 0 saturated carbocycles. The highest BCUT2D eigenvalue weighted by molar-refractivity contribution is 7.90. The zero-order chi connectivity index (χ0) is 17.9. The van der Waals surface area contributed by atoms with Crippen LogP contribution < -0.4 is 10.2 Å². The minimum atomic E-state index is -3.38. The number of hydrogen-bond acceptors (Lipinski definition) is 8. The van der Waals surface area contributed by atoms with Gasteiger partial charge in [-0.1, -0.05) is 0 Å². The molecule has 3 heterocycles. The summed E-state index contributed by atoms with van der Waals surface area (Å²) in [4.78, 5) is 19.2. The van der Waals surface area contributed by atoms with Crippen LogP contribution in [-0.4, -0.2) is 54.7 Å². The number of nitrogens with zero attached hydrogens (tertiary/aromatic N) is 5. The summed E-state index contributed by atoms with van der Waals surface area (Å²) in [6.07, 6.45) is 9.49. The van der Waals surface area contributed by atoms with Gasteiger partial charge in [0, 0.05) is 38.2 Å². The molecule has 1 atom stereocenters. The van der Waals surface area contributed by atoms with E-state index in [1.807, 2.05) is 11.9 Å². The van der Waals surface area contributed by atoms with Gasteiger partial charge in [-0.05, 0) is 19.4 Å². The molecule has 1 N–H and O–H groups in total. The van der Waals surface area contributed by atoms with Crippen molar-refractivity contribution in [3.8, 4) is 0 Å².